The average Bonchev–Trinajstić information content (AvgIpc) is 2.99. The van der Waals surface area contributed by atoms with Crippen LogP contribution in [0.25, 0.3) is 0 Å². The minimum absolute atomic E-state index is 0.162. The van der Waals surface area contributed by atoms with E-state index >= 15 is 0 Å². The van der Waals surface area contributed by atoms with Gasteiger partial charge in [-0.2, -0.15) is 0 Å². The fourth-order valence-corrected chi connectivity index (χ4v) is 4.21. The monoisotopic (exact) mass is 323 g/mol. The topological polar surface area (TPSA) is 30.5 Å². The van der Waals surface area contributed by atoms with Crippen LogP contribution >= 0.6 is 0 Å². The molecule has 2 aromatic carbocycles. The second kappa shape index (κ2) is 6.58. The van der Waals surface area contributed by atoms with Gasteiger partial charge in [-0.25, -0.2) is 0 Å². The first-order valence-electron chi connectivity index (χ1n) is 8.88. The molecule has 1 saturated heterocycles. The van der Waals surface area contributed by atoms with E-state index in [0.717, 1.165) is 18.4 Å². The number of hydrogen-bond acceptors (Lipinski definition) is 3. The van der Waals surface area contributed by atoms with Gasteiger partial charge in [0.25, 0.3) is 0 Å². The van der Waals surface area contributed by atoms with E-state index in [4.69, 9.17) is 9.47 Å². The summed E-state index contributed by atoms with van der Waals surface area (Å²) in [5.41, 5.74) is 2.13. The third-order valence-corrected chi connectivity index (χ3v) is 5.10. The fraction of sp³-hybridized carbons (Fsp3) is 0.429. The summed E-state index contributed by atoms with van der Waals surface area (Å²) in [4.78, 5) is 0. The van der Waals surface area contributed by atoms with Gasteiger partial charge in [0.2, 0.25) is 0 Å². The molecule has 3 nitrogen and oxygen atoms in total. The number of hydrogen-bond donors (Lipinski definition) is 1. The Morgan fingerprint density at radius 2 is 1.67 bits per heavy atom. The number of rotatable bonds is 3. The van der Waals surface area contributed by atoms with Crippen molar-refractivity contribution in [2.24, 2.45) is 5.92 Å². The Labute approximate surface area is 144 Å². The molecule has 2 aromatic rings. The lowest BCUT2D eigenvalue weighted by atomic mass is 9.76. The molecule has 1 N–H and O–H groups in total. The third kappa shape index (κ3) is 3.33. The lowest BCUT2D eigenvalue weighted by Crippen LogP contribution is -2.45. The molecule has 4 rings (SSSR count). The highest BCUT2D eigenvalue weighted by molar-refractivity contribution is 5.43. The van der Waals surface area contributed by atoms with E-state index in [1.807, 2.05) is 18.2 Å². The van der Waals surface area contributed by atoms with E-state index in [1.165, 1.54) is 12.1 Å². The SMILES string of the molecule is C[C@H]1C[C@H](Nc2ccccc2)C[C@@]2(COC(c3ccccc3)O2)C1. The molecule has 1 spiro atoms. The summed E-state index contributed by atoms with van der Waals surface area (Å²) in [6, 6.07) is 21.1. The quantitative estimate of drug-likeness (QED) is 0.882. The summed E-state index contributed by atoms with van der Waals surface area (Å²) >= 11 is 0. The van der Waals surface area contributed by atoms with Gasteiger partial charge in [-0.3, -0.25) is 0 Å². The Hall–Kier alpha value is -1.84. The predicted molar refractivity (Wildman–Crippen MR) is 95.8 cm³/mol. The maximum absolute atomic E-state index is 6.45. The van der Waals surface area contributed by atoms with Gasteiger partial charge in [0.15, 0.2) is 6.29 Å². The van der Waals surface area contributed by atoms with Gasteiger partial charge in [0, 0.05) is 17.3 Å². The molecule has 4 atom stereocenters. The van der Waals surface area contributed by atoms with Crippen molar-refractivity contribution in [1.29, 1.82) is 0 Å². The highest BCUT2D eigenvalue weighted by atomic mass is 16.7. The zero-order valence-corrected chi connectivity index (χ0v) is 14.2. The fourth-order valence-electron chi connectivity index (χ4n) is 4.21. The van der Waals surface area contributed by atoms with E-state index in [0.29, 0.717) is 18.6 Å². The average molecular weight is 323 g/mol. The Morgan fingerprint density at radius 1 is 0.958 bits per heavy atom. The summed E-state index contributed by atoms with van der Waals surface area (Å²) in [5, 5.41) is 3.68. The van der Waals surface area contributed by atoms with E-state index < -0.39 is 0 Å². The molecule has 0 amide bonds. The number of nitrogens with one attached hydrogen (secondary N) is 1. The Kier molecular flexibility index (Phi) is 4.30. The molecular formula is C21H25NO2. The molecule has 0 bridgehead atoms. The van der Waals surface area contributed by atoms with Crippen LogP contribution in [0.1, 0.15) is 38.0 Å². The van der Waals surface area contributed by atoms with Crippen LogP contribution in [0.3, 0.4) is 0 Å². The lowest BCUT2D eigenvalue weighted by Gasteiger charge is -2.40. The maximum Gasteiger partial charge on any atom is 0.184 e. The number of anilines is 1. The Bertz CT molecular complexity index is 660. The molecule has 2 aliphatic rings. The highest BCUT2D eigenvalue weighted by Gasteiger charge is 2.47. The van der Waals surface area contributed by atoms with Crippen molar-refractivity contribution in [2.75, 3.05) is 11.9 Å². The molecule has 1 aliphatic heterocycles. The number of para-hydroxylation sites is 1. The van der Waals surface area contributed by atoms with Crippen molar-refractivity contribution in [3.8, 4) is 0 Å². The van der Waals surface area contributed by atoms with Crippen molar-refractivity contribution < 1.29 is 9.47 Å². The van der Waals surface area contributed by atoms with Crippen LogP contribution in [-0.4, -0.2) is 18.2 Å². The predicted octanol–water partition coefficient (Wildman–Crippen LogP) is 4.77. The highest BCUT2D eigenvalue weighted by Crippen LogP contribution is 2.44. The molecule has 1 aliphatic carbocycles. The van der Waals surface area contributed by atoms with Crippen LogP contribution in [0, 0.1) is 5.92 Å². The largest absolute Gasteiger partial charge is 0.382 e. The molecule has 126 valence electrons. The van der Waals surface area contributed by atoms with Gasteiger partial charge in [-0.05, 0) is 37.3 Å². The molecule has 1 unspecified atom stereocenters. The lowest BCUT2D eigenvalue weighted by molar-refractivity contribution is -0.109. The first-order valence-corrected chi connectivity index (χ1v) is 8.88. The minimum Gasteiger partial charge on any atom is -0.382 e. The van der Waals surface area contributed by atoms with E-state index in [1.54, 1.807) is 0 Å². The van der Waals surface area contributed by atoms with Crippen LogP contribution in [0.2, 0.25) is 0 Å². The molecule has 24 heavy (non-hydrogen) atoms. The maximum atomic E-state index is 6.45. The second-order valence-electron chi connectivity index (χ2n) is 7.31. The summed E-state index contributed by atoms with van der Waals surface area (Å²) < 4.78 is 12.5. The normalized spacial score (nSPS) is 32.8. The first-order chi connectivity index (χ1) is 11.7. The van der Waals surface area contributed by atoms with Gasteiger partial charge in [0.05, 0.1) is 12.2 Å². The standard InChI is InChI=1S/C21H25NO2/c1-16-12-19(22-18-10-6-3-7-11-18)14-21(13-16)15-23-20(24-21)17-8-4-2-5-9-17/h2-11,16,19-20,22H,12-15H2,1H3/t16-,19-,20?,21+/m0/s1. The second-order valence-corrected chi connectivity index (χ2v) is 7.31. The van der Waals surface area contributed by atoms with Crippen molar-refractivity contribution in [2.45, 2.75) is 44.1 Å². The van der Waals surface area contributed by atoms with Gasteiger partial charge in [0.1, 0.15) is 0 Å². The molecule has 1 saturated carbocycles. The van der Waals surface area contributed by atoms with Crippen molar-refractivity contribution in [3.05, 3.63) is 66.2 Å². The van der Waals surface area contributed by atoms with Crippen molar-refractivity contribution in [1.82, 2.24) is 0 Å². The smallest absolute Gasteiger partial charge is 0.184 e. The summed E-state index contributed by atoms with van der Waals surface area (Å²) in [6.07, 6.45) is 3.02. The van der Waals surface area contributed by atoms with Crippen LogP contribution < -0.4 is 5.32 Å². The molecule has 2 fully saturated rings. The molecule has 1 heterocycles. The van der Waals surface area contributed by atoms with Crippen LogP contribution in [0.15, 0.2) is 60.7 Å². The van der Waals surface area contributed by atoms with Crippen LogP contribution in [0.4, 0.5) is 5.69 Å². The third-order valence-electron chi connectivity index (χ3n) is 5.10. The van der Waals surface area contributed by atoms with E-state index in [9.17, 15) is 0 Å². The number of ether oxygens (including phenoxy) is 2. The Balaban J connectivity index is 1.47. The van der Waals surface area contributed by atoms with Crippen LogP contribution in [-0.2, 0) is 9.47 Å². The summed E-state index contributed by atoms with van der Waals surface area (Å²) in [5.74, 6) is 0.623. The zero-order valence-electron chi connectivity index (χ0n) is 14.2. The van der Waals surface area contributed by atoms with Gasteiger partial charge < -0.3 is 14.8 Å². The van der Waals surface area contributed by atoms with Gasteiger partial charge in [-0.1, -0.05) is 55.5 Å². The van der Waals surface area contributed by atoms with Gasteiger partial charge in [-0.15, -0.1) is 0 Å². The minimum atomic E-state index is -0.228. The Morgan fingerprint density at radius 3 is 2.42 bits per heavy atom. The summed E-state index contributed by atoms with van der Waals surface area (Å²) in [6.45, 7) is 3.00. The van der Waals surface area contributed by atoms with Crippen LogP contribution in [0.5, 0.6) is 0 Å². The van der Waals surface area contributed by atoms with E-state index in [-0.39, 0.29) is 11.9 Å². The van der Waals surface area contributed by atoms with Gasteiger partial charge >= 0.3 is 0 Å². The molecule has 0 aromatic heterocycles. The van der Waals surface area contributed by atoms with Crippen molar-refractivity contribution >= 4 is 5.69 Å². The van der Waals surface area contributed by atoms with E-state index in [2.05, 4.69) is 54.7 Å². The zero-order chi connectivity index (χ0) is 16.4. The summed E-state index contributed by atoms with van der Waals surface area (Å²) in [7, 11) is 0. The van der Waals surface area contributed by atoms with Crippen molar-refractivity contribution in [3.63, 3.8) is 0 Å². The first kappa shape index (κ1) is 15.7. The number of benzene rings is 2. The molecular weight excluding hydrogens is 298 g/mol. The molecule has 0 radical (unpaired) electrons. The molecule has 3 heteroatoms.